The van der Waals surface area contributed by atoms with Gasteiger partial charge in [-0.1, -0.05) is 27.5 Å². The van der Waals surface area contributed by atoms with E-state index in [2.05, 4.69) is 26.1 Å². The van der Waals surface area contributed by atoms with Gasteiger partial charge in [0.2, 0.25) is 0 Å². The van der Waals surface area contributed by atoms with E-state index in [1.54, 1.807) is 23.5 Å². The van der Waals surface area contributed by atoms with Crippen LogP contribution in [0.2, 0.25) is 4.34 Å². The van der Waals surface area contributed by atoms with Gasteiger partial charge in [-0.15, -0.1) is 11.3 Å². The first kappa shape index (κ1) is 15.4. The standard InChI is InChI=1S/C15H15BrClFN2S/c16-12-2-1-10(18)9-11(12)15(13-3-4-14(17)21-13)20-7-5-19-6-8-20/h1-4,9,15,19H,5-8H2/t15-/m0/s1. The molecular formula is C15H15BrClFN2S. The van der Waals surface area contributed by atoms with Crippen LogP contribution in [0.3, 0.4) is 0 Å². The molecule has 0 saturated carbocycles. The number of rotatable bonds is 3. The van der Waals surface area contributed by atoms with Gasteiger partial charge in [0, 0.05) is 35.5 Å². The molecule has 0 bridgehead atoms. The number of halogens is 3. The first-order valence-electron chi connectivity index (χ1n) is 6.80. The maximum Gasteiger partial charge on any atom is 0.123 e. The average molecular weight is 390 g/mol. The molecule has 2 heterocycles. The van der Waals surface area contributed by atoms with Crippen molar-refractivity contribution in [3.8, 4) is 0 Å². The van der Waals surface area contributed by atoms with Gasteiger partial charge in [0.05, 0.1) is 10.4 Å². The maximum absolute atomic E-state index is 13.7. The number of nitrogens with one attached hydrogen (secondary N) is 1. The van der Waals surface area contributed by atoms with Crippen LogP contribution in [0.25, 0.3) is 0 Å². The molecule has 1 aromatic heterocycles. The van der Waals surface area contributed by atoms with E-state index in [0.717, 1.165) is 45.4 Å². The average Bonchev–Trinajstić information content (AvgIpc) is 2.90. The second-order valence-electron chi connectivity index (χ2n) is 5.00. The zero-order valence-electron chi connectivity index (χ0n) is 11.3. The molecule has 2 nitrogen and oxygen atoms in total. The van der Waals surface area contributed by atoms with Crippen LogP contribution >= 0.6 is 38.9 Å². The third-order valence-corrected chi connectivity index (χ3v) is 5.64. The van der Waals surface area contributed by atoms with Gasteiger partial charge in [0.15, 0.2) is 0 Å². The third kappa shape index (κ3) is 3.48. The lowest BCUT2D eigenvalue weighted by molar-refractivity contribution is 0.200. The van der Waals surface area contributed by atoms with Crippen LogP contribution in [0, 0.1) is 5.82 Å². The summed E-state index contributed by atoms with van der Waals surface area (Å²) in [6.07, 6.45) is 0. The molecule has 0 aliphatic carbocycles. The number of piperazine rings is 1. The Bertz CT molecular complexity index is 628. The van der Waals surface area contributed by atoms with E-state index in [9.17, 15) is 4.39 Å². The van der Waals surface area contributed by atoms with E-state index in [-0.39, 0.29) is 11.9 Å². The molecule has 0 spiro atoms. The molecule has 21 heavy (non-hydrogen) atoms. The summed E-state index contributed by atoms with van der Waals surface area (Å²) in [5.74, 6) is -0.212. The molecule has 1 N–H and O–H groups in total. The van der Waals surface area contributed by atoms with Crippen LogP contribution in [0.5, 0.6) is 0 Å². The van der Waals surface area contributed by atoms with Gasteiger partial charge in [0.1, 0.15) is 5.82 Å². The van der Waals surface area contributed by atoms with E-state index < -0.39 is 0 Å². The first-order valence-corrected chi connectivity index (χ1v) is 8.79. The van der Waals surface area contributed by atoms with Gasteiger partial charge in [-0.25, -0.2) is 4.39 Å². The van der Waals surface area contributed by atoms with Crippen LogP contribution in [-0.2, 0) is 0 Å². The molecule has 0 amide bonds. The molecule has 1 aliphatic heterocycles. The van der Waals surface area contributed by atoms with E-state index in [1.165, 1.54) is 6.07 Å². The fourth-order valence-corrected chi connectivity index (χ4v) is 4.35. The number of hydrogen-bond donors (Lipinski definition) is 1. The van der Waals surface area contributed by atoms with E-state index >= 15 is 0 Å². The normalized spacial score (nSPS) is 17.9. The van der Waals surface area contributed by atoms with Crippen molar-refractivity contribution < 1.29 is 4.39 Å². The highest BCUT2D eigenvalue weighted by Gasteiger charge is 2.27. The second-order valence-corrected chi connectivity index (χ2v) is 7.60. The SMILES string of the molecule is Fc1ccc(Br)c([C@@H](c2ccc(Cl)s2)N2CCNCC2)c1. The highest BCUT2D eigenvalue weighted by atomic mass is 79.9. The van der Waals surface area contributed by atoms with Crippen molar-refractivity contribution in [1.29, 1.82) is 0 Å². The molecule has 112 valence electrons. The highest BCUT2D eigenvalue weighted by Crippen LogP contribution is 2.38. The van der Waals surface area contributed by atoms with Crippen molar-refractivity contribution in [2.75, 3.05) is 26.2 Å². The van der Waals surface area contributed by atoms with Crippen LogP contribution in [0.4, 0.5) is 4.39 Å². The topological polar surface area (TPSA) is 15.3 Å². The molecule has 1 aliphatic rings. The maximum atomic E-state index is 13.7. The van der Waals surface area contributed by atoms with Gasteiger partial charge in [-0.2, -0.15) is 0 Å². The Morgan fingerprint density at radius 2 is 2.00 bits per heavy atom. The number of nitrogens with zero attached hydrogens (tertiary/aromatic N) is 1. The molecular weight excluding hydrogens is 375 g/mol. The molecule has 1 aromatic carbocycles. The number of thiophene rings is 1. The molecule has 1 saturated heterocycles. The summed E-state index contributed by atoms with van der Waals surface area (Å²) in [7, 11) is 0. The summed E-state index contributed by atoms with van der Waals surface area (Å²) in [6.45, 7) is 3.76. The van der Waals surface area contributed by atoms with Crippen LogP contribution in [0.1, 0.15) is 16.5 Å². The predicted molar refractivity (Wildman–Crippen MR) is 89.7 cm³/mol. The highest BCUT2D eigenvalue weighted by molar-refractivity contribution is 9.10. The minimum absolute atomic E-state index is 0.0367. The minimum Gasteiger partial charge on any atom is -0.314 e. The fraction of sp³-hybridized carbons (Fsp3) is 0.333. The van der Waals surface area contributed by atoms with Crippen molar-refractivity contribution >= 4 is 38.9 Å². The van der Waals surface area contributed by atoms with Gasteiger partial charge in [0.25, 0.3) is 0 Å². The van der Waals surface area contributed by atoms with E-state index in [1.807, 2.05) is 12.1 Å². The zero-order chi connectivity index (χ0) is 14.8. The molecule has 3 rings (SSSR count). The van der Waals surface area contributed by atoms with E-state index in [0.29, 0.717) is 0 Å². The third-order valence-electron chi connectivity index (χ3n) is 3.63. The summed E-state index contributed by atoms with van der Waals surface area (Å²) >= 11 is 11.2. The van der Waals surface area contributed by atoms with Gasteiger partial charge in [-0.3, -0.25) is 4.90 Å². The number of benzene rings is 1. The Kier molecular flexibility index (Phi) is 4.96. The summed E-state index contributed by atoms with van der Waals surface area (Å²) < 4.78 is 15.4. The summed E-state index contributed by atoms with van der Waals surface area (Å²) in [5.41, 5.74) is 0.954. The van der Waals surface area contributed by atoms with Crippen LogP contribution in [-0.4, -0.2) is 31.1 Å². The van der Waals surface area contributed by atoms with Gasteiger partial charge >= 0.3 is 0 Å². The minimum atomic E-state index is -0.212. The Hall–Kier alpha value is -0.460. The van der Waals surface area contributed by atoms with Gasteiger partial charge in [-0.05, 0) is 35.9 Å². The largest absolute Gasteiger partial charge is 0.314 e. The Balaban J connectivity index is 2.04. The van der Waals surface area contributed by atoms with Crippen molar-refractivity contribution in [3.05, 3.63) is 55.4 Å². The lowest BCUT2D eigenvalue weighted by atomic mass is 10.0. The lowest BCUT2D eigenvalue weighted by Gasteiger charge is -2.35. The predicted octanol–water partition coefficient (Wildman–Crippen LogP) is 4.30. The quantitative estimate of drug-likeness (QED) is 0.842. The Morgan fingerprint density at radius 1 is 1.24 bits per heavy atom. The summed E-state index contributed by atoms with van der Waals surface area (Å²) in [5, 5.41) is 3.35. The fourth-order valence-electron chi connectivity index (χ4n) is 2.67. The summed E-state index contributed by atoms with van der Waals surface area (Å²) in [4.78, 5) is 3.52. The molecule has 1 atom stereocenters. The zero-order valence-corrected chi connectivity index (χ0v) is 14.4. The number of hydrogen-bond acceptors (Lipinski definition) is 3. The molecule has 6 heteroatoms. The lowest BCUT2D eigenvalue weighted by Crippen LogP contribution is -2.45. The summed E-state index contributed by atoms with van der Waals surface area (Å²) in [6, 6.07) is 8.85. The molecule has 0 radical (unpaired) electrons. The van der Waals surface area contributed by atoms with Crippen molar-refractivity contribution in [2.24, 2.45) is 0 Å². The van der Waals surface area contributed by atoms with Crippen molar-refractivity contribution in [1.82, 2.24) is 10.2 Å². The van der Waals surface area contributed by atoms with Gasteiger partial charge < -0.3 is 5.32 Å². The molecule has 0 unspecified atom stereocenters. The monoisotopic (exact) mass is 388 g/mol. The van der Waals surface area contributed by atoms with Crippen molar-refractivity contribution in [3.63, 3.8) is 0 Å². The molecule has 2 aromatic rings. The van der Waals surface area contributed by atoms with Crippen molar-refractivity contribution in [2.45, 2.75) is 6.04 Å². The van der Waals surface area contributed by atoms with E-state index in [4.69, 9.17) is 11.6 Å². The Labute approximate surface area is 141 Å². The first-order chi connectivity index (χ1) is 10.1. The smallest absolute Gasteiger partial charge is 0.123 e. The van der Waals surface area contributed by atoms with Crippen LogP contribution < -0.4 is 5.32 Å². The Morgan fingerprint density at radius 3 is 2.67 bits per heavy atom. The van der Waals surface area contributed by atoms with Crippen LogP contribution in [0.15, 0.2) is 34.8 Å². The second kappa shape index (κ2) is 6.75. The molecule has 1 fully saturated rings.